The lowest BCUT2D eigenvalue weighted by atomic mass is 9.87. The molecule has 10 nitrogen and oxygen atoms in total. The van der Waals surface area contributed by atoms with Crippen molar-refractivity contribution in [1.29, 1.82) is 0 Å². The summed E-state index contributed by atoms with van der Waals surface area (Å²) in [7, 11) is 2.14. The van der Waals surface area contributed by atoms with Gasteiger partial charge in [0.1, 0.15) is 23.5 Å². The number of ether oxygens (including phenoxy) is 3. The van der Waals surface area contributed by atoms with Gasteiger partial charge < -0.3 is 28.8 Å². The number of carbonyl (C=O) groups excluding carboxylic acids is 1. The lowest BCUT2D eigenvalue weighted by Gasteiger charge is -2.33. The molecule has 3 aliphatic rings. The molecule has 11 heteroatoms. The molecule has 0 aliphatic carbocycles. The van der Waals surface area contributed by atoms with Crippen LogP contribution in [0.3, 0.4) is 0 Å². The van der Waals surface area contributed by atoms with Crippen molar-refractivity contribution in [2.24, 2.45) is 0 Å². The van der Waals surface area contributed by atoms with Crippen LogP contribution in [0.4, 0.5) is 0 Å². The van der Waals surface area contributed by atoms with E-state index in [1.54, 1.807) is 17.7 Å². The number of carbonyl (C=O) groups is 1. The number of piperazine rings is 1. The van der Waals surface area contributed by atoms with E-state index in [1.807, 2.05) is 12.1 Å². The van der Waals surface area contributed by atoms with Crippen LogP contribution in [-0.4, -0.2) is 76.9 Å². The van der Waals surface area contributed by atoms with E-state index >= 15 is 0 Å². The number of fused-ring (bicyclic) bond motifs is 3. The molecule has 0 bridgehead atoms. The largest absolute Gasteiger partial charge is 0.486 e. The van der Waals surface area contributed by atoms with Gasteiger partial charge in [0.25, 0.3) is 5.56 Å². The Balaban J connectivity index is 1.46. The van der Waals surface area contributed by atoms with Crippen LogP contribution in [-0.2, 0) is 34.8 Å². The van der Waals surface area contributed by atoms with E-state index in [0.717, 1.165) is 51.9 Å². The normalized spacial score (nSPS) is 21.6. The summed E-state index contributed by atoms with van der Waals surface area (Å²) in [5, 5.41) is 11.9. The Morgan fingerprint density at radius 1 is 1.00 bits per heavy atom. The van der Waals surface area contributed by atoms with Gasteiger partial charge in [-0.1, -0.05) is 6.92 Å². The topological polar surface area (TPSA) is 106 Å². The third-order valence-electron chi connectivity index (χ3n) is 7.99. The molecule has 3 aromatic rings. The molecule has 0 saturated carbocycles. The average Bonchev–Trinajstić information content (AvgIpc) is 2.93. The van der Waals surface area contributed by atoms with E-state index in [0.29, 0.717) is 48.9 Å². The quantitative estimate of drug-likeness (QED) is 0.254. The van der Waals surface area contributed by atoms with Crippen molar-refractivity contribution in [3.8, 4) is 11.5 Å². The number of pyridine rings is 2. The van der Waals surface area contributed by atoms with Gasteiger partial charge in [-0.2, -0.15) is 0 Å². The molecular formula is C28H31IN4O6. The fourth-order valence-corrected chi connectivity index (χ4v) is 6.32. The Kier molecular flexibility index (Phi) is 7.02. The molecule has 5 heterocycles. The first-order valence-corrected chi connectivity index (χ1v) is 14.3. The number of nitrogens with zero attached hydrogens (tertiary/aromatic N) is 4. The van der Waals surface area contributed by atoms with Gasteiger partial charge in [0, 0.05) is 73.1 Å². The molecular weight excluding hydrogens is 615 g/mol. The molecule has 1 N–H and O–H groups in total. The SMILES string of the molecule is CCC1(O)C(=O)OCc2cn(Cc3c(I)nc4cc5c(cc4c3CN3CCN(C)CC3)OCCO5)c(=O)cc21. The molecule has 1 atom stereocenters. The van der Waals surface area contributed by atoms with Crippen LogP contribution in [0.1, 0.15) is 35.6 Å². The zero-order valence-corrected chi connectivity index (χ0v) is 24.2. The Morgan fingerprint density at radius 3 is 2.44 bits per heavy atom. The van der Waals surface area contributed by atoms with Crippen LogP contribution < -0.4 is 15.0 Å². The zero-order chi connectivity index (χ0) is 27.3. The van der Waals surface area contributed by atoms with Gasteiger partial charge in [0.2, 0.25) is 0 Å². The first-order valence-electron chi connectivity index (χ1n) is 13.2. The minimum absolute atomic E-state index is 0.0153. The highest BCUT2D eigenvalue weighted by molar-refractivity contribution is 14.1. The van der Waals surface area contributed by atoms with E-state index in [9.17, 15) is 14.7 Å². The molecule has 1 aromatic carbocycles. The first kappa shape index (κ1) is 26.5. The van der Waals surface area contributed by atoms with Crippen LogP contribution >= 0.6 is 22.6 Å². The van der Waals surface area contributed by atoms with Crippen molar-refractivity contribution in [3.05, 3.63) is 60.7 Å². The van der Waals surface area contributed by atoms with Crippen LogP contribution in [0.2, 0.25) is 0 Å². The van der Waals surface area contributed by atoms with E-state index in [2.05, 4.69) is 39.4 Å². The highest BCUT2D eigenvalue weighted by Gasteiger charge is 2.43. The summed E-state index contributed by atoms with van der Waals surface area (Å²) in [5.74, 6) is 0.681. The van der Waals surface area contributed by atoms with E-state index in [4.69, 9.17) is 19.2 Å². The molecule has 0 amide bonds. The maximum atomic E-state index is 13.3. The summed E-state index contributed by atoms with van der Waals surface area (Å²) >= 11 is 2.25. The number of rotatable bonds is 5. The third-order valence-corrected chi connectivity index (χ3v) is 8.88. The summed E-state index contributed by atoms with van der Waals surface area (Å²) in [5.41, 5.74) is 1.75. The predicted octanol–water partition coefficient (Wildman–Crippen LogP) is 2.22. The second kappa shape index (κ2) is 10.3. The van der Waals surface area contributed by atoms with Crippen molar-refractivity contribution in [3.63, 3.8) is 0 Å². The Hall–Kier alpha value is -2.74. The second-order valence-electron chi connectivity index (χ2n) is 10.4. The number of hydrogen-bond acceptors (Lipinski definition) is 9. The summed E-state index contributed by atoms with van der Waals surface area (Å²) < 4.78 is 19.4. The molecule has 6 rings (SSSR count). The van der Waals surface area contributed by atoms with E-state index in [1.165, 1.54) is 6.07 Å². The van der Waals surface area contributed by atoms with Crippen molar-refractivity contribution in [2.75, 3.05) is 46.4 Å². The summed E-state index contributed by atoms with van der Waals surface area (Å²) in [4.78, 5) is 35.3. The van der Waals surface area contributed by atoms with Gasteiger partial charge in [-0.15, -0.1) is 0 Å². The van der Waals surface area contributed by atoms with Crippen LogP contribution in [0, 0.1) is 3.70 Å². The Bertz CT molecular complexity index is 1520. The maximum Gasteiger partial charge on any atom is 0.343 e. The van der Waals surface area contributed by atoms with E-state index in [-0.39, 0.29) is 18.6 Å². The zero-order valence-electron chi connectivity index (χ0n) is 22.0. The molecule has 2 aromatic heterocycles. The van der Waals surface area contributed by atoms with Gasteiger partial charge in [0.15, 0.2) is 17.1 Å². The molecule has 3 aliphatic heterocycles. The number of aliphatic hydroxyl groups is 1. The highest BCUT2D eigenvalue weighted by atomic mass is 127. The van der Waals surface area contributed by atoms with Gasteiger partial charge in [-0.3, -0.25) is 9.69 Å². The maximum absolute atomic E-state index is 13.3. The number of hydrogen-bond donors (Lipinski definition) is 1. The fraction of sp³-hybridized carbons (Fsp3) is 0.464. The molecule has 0 spiro atoms. The smallest absolute Gasteiger partial charge is 0.343 e. The Morgan fingerprint density at radius 2 is 1.72 bits per heavy atom. The number of halogens is 1. The number of benzene rings is 1. The lowest BCUT2D eigenvalue weighted by molar-refractivity contribution is -0.172. The average molecular weight is 646 g/mol. The molecule has 1 unspecified atom stereocenters. The van der Waals surface area contributed by atoms with Gasteiger partial charge in [0.05, 0.1) is 12.1 Å². The fourth-order valence-electron chi connectivity index (χ4n) is 5.57. The van der Waals surface area contributed by atoms with Crippen LogP contribution in [0.25, 0.3) is 10.9 Å². The first-order chi connectivity index (χ1) is 18.8. The predicted molar refractivity (Wildman–Crippen MR) is 152 cm³/mol. The molecule has 206 valence electrons. The number of aromatic nitrogens is 2. The third kappa shape index (κ3) is 4.79. The second-order valence-corrected chi connectivity index (χ2v) is 11.4. The monoisotopic (exact) mass is 646 g/mol. The lowest BCUT2D eigenvalue weighted by Crippen LogP contribution is -2.44. The number of likely N-dealkylation sites (N-methyl/N-ethyl adjacent to an activating group) is 1. The van der Waals surface area contributed by atoms with E-state index < -0.39 is 11.6 Å². The number of cyclic esters (lactones) is 1. The minimum atomic E-state index is -1.81. The molecule has 1 saturated heterocycles. The van der Waals surface area contributed by atoms with Gasteiger partial charge >= 0.3 is 5.97 Å². The standard InChI is InChI=1S/C28H31IN4O6/c1-3-28(36)21-11-25(34)33(13-17(21)16-39-27(28)35)15-20-19(14-32-6-4-31(2)5-7-32)18-10-23-24(38-9-8-37-23)12-22(18)30-26(20)29/h10-13,36H,3-9,14-16H2,1-2H3. The van der Waals surface area contributed by atoms with Gasteiger partial charge in [-0.05, 0) is 47.7 Å². The molecule has 0 radical (unpaired) electrons. The summed E-state index contributed by atoms with van der Waals surface area (Å²) in [6, 6.07) is 5.33. The van der Waals surface area contributed by atoms with Crippen LogP contribution in [0.15, 0.2) is 29.2 Å². The summed E-state index contributed by atoms with van der Waals surface area (Å²) in [6.07, 6.45) is 1.83. The molecule has 1 fully saturated rings. The number of esters is 1. The van der Waals surface area contributed by atoms with Gasteiger partial charge in [-0.25, -0.2) is 9.78 Å². The van der Waals surface area contributed by atoms with Crippen molar-refractivity contribution in [2.45, 2.75) is 38.6 Å². The van der Waals surface area contributed by atoms with Crippen molar-refractivity contribution in [1.82, 2.24) is 19.4 Å². The van der Waals surface area contributed by atoms with Crippen LogP contribution in [0.5, 0.6) is 11.5 Å². The van der Waals surface area contributed by atoms with Crippen molar-refractivity contribution >= 4 is 39.5 Å². The Labute approximate surface area is 239 Å². The van der Waals surface area contributed by atoms with Crippen molar-refractivity contribution < 1.29 is 24.1 Å². The minimum Gasteiger partial charge on any atom is -0.486 e. The molecule has 39 heavy (non-hydrogen) atoms. The summed E-state index contributed by atoms with van der Waals surface area (Å²) in [6.45, 7) is 7.60. The highest BCUT2D eigenvalue weighted by Crippen LogP contribution is 2.38.